The molecule has 6 heteroatoms. The van der Waals surface area contributed by atoms with Crippen molar-refractivity contribution in [1.29, 1.82) is 0 Å². The average Bonchev–Trinajstić information content (AvgIpc) is 2.26. The predicted octanol–water partition coefficient (Wildman–Crippen LogP) is 0.923. The van der Waals surface area contributed by atoms with E-state index in [-0.39, 0.29) is 0 Å². The Morgan fingerprint density at radius 2 is 2.00 bits per heavy atom. The molecule has 6 nitrogen and oxygen atoms in total. The van der Waals surface area contributed by atoms with Gasteiger partial charge in [-0.15, -0.1) is 0 Å². The van der Waals surface area contributed by atoms with E-state index in [4.69, 9.17) is 5.73 Å². The summed E-state index contributed by atoms with van der Waals surface area (Å²) in [6.45, 7) is 8.42. The molecule has 2 heterocycles. The standard InChI is InChI=1S/C13H24N6/c1-8(2)9(3)16-11-5-12(18-13(14)17-11)19-6-10(7-19)15-4/h5,8-10,15H,6-7H2,1-4H3,(H3,14,16,17,18)/t9-/m1/s1. The van der Waals surface area contributed by atoms with E-state index < -0.39 is 0 Å². The average molecular weight is 264 g/mol. The van der Waals surface area contributed by atoms with Crippen LogP contribution in [0.3, 0.4) is 0 Å². The second-order valence-electron chi connectivity index (χ2n) is 5.54. The smallest absolute Gasteiger partial charge is 0.223 e. The predicted molar refractivity (Wildman–Crippen MR) is 79.4 cm³/mol. The minimum absolute atomic E-state index is 0.323. The summed E-state index contributed by atoms with van der Waals surface area (Å²) in [5, 5.41) is 6.62. The van der Waals surface area contributed by atoms with Crippen LogP contribution in [0.2, 0.25) is 0 Å². The van der Waals surface area contributed by atoms with Crippen LogP contribution in [0.1, 0.15) is 20.8 Å². The molecule has 1 aliphatic heterocycles. The van der Waals surface area contributed by atoms with E-state index in [1.165, 1.54) is 0 Å². The highest BCUT2D eigenvalue weighted by atomic mass is 15.3. The first-order valence-corrected chi connectivity index (χ1v) is 6.83. The van der Waals surface area contributed by atoms with Crippen LogP contribution in [0.25, 0.3) is 0 Å². The van der Waals surface area contributed by atoms with Gasteiger partial charge in [-0.25, -0.2) is 0 Å². The maximum Gasteiger partial charge on any atom is 0.223 e. The maximum absolute atomic E-state index is 5.79. The van der Waals surface area contributed by atoms with E-state index in [0.717, 1.165) is 24.7 Å². The second-order valence-corrected chi connectivity index (χ2v) is 5.54. The Morgan fingerprint density at radius 1 is 1.32 bits per heavy atom. The zero-order valence-electron chi connectivity index (χ0n) is 12.1. The van der Waals surface area contributed by atoms with E-state index in [9.17, 15) is 0 Å². The van der Waals surface area contributed by atoms with Gasteiger partial charge in [0.1, 0.15) is 11.6 Å². The molecule has 1 saturated heterocycles. The number of nitrogens with two attached hydrogens (primary N) is 1. The van der Waals surface area contributed by atoms with Gasteiger partial charge in [-0.05, 0) is 19.9 Å². The number of nitrogens with zero attached hydrogens (tertiary/aromatic N) is 3. The lowest BCUT2D eigenvalue weighted by Gasteiger charge is -2.40. The quantitative estimate of drug-likeness (QED) is 0.734. The van der Waals surface area contributed by atoms with Gasteiger partial charge in [0.15, 0.2) is 0 Å². The lowest BCUT2D eigenvalue weighted by Crippen LogP contribution is -2.57. The molecule has 1 aromatic heterocycles. The summed E-state index contributed by atoms with van der Waals surface area (Å²) in [6.07, 6.45) is 0. The highest BCUT2D eigenvalue weighted by Crippen LogP contribution is 2.22. The summed E-state index contributed by atoms with van der Waals surface area (Å²) < 4.78 is 0. The van der Waals surface area contributed by atoms with E-state index in [1.807, 2.05) is 13.1 Å². The van der Waals surface area contributed by atoms with E-state index >= 15 is 0 Å². The Bertz CT molecular complexity index is 427. The van der Waals surface area contributed by atoms with Gasteiger partial charge in [-0.3, -0.25) is 0 Å². The minimum atomic E-state index is 0.323. The fourth-order valence-electron chi connectivity index (χ4n) is 1.94. The van der Waals surface area contributed by atoms with Crippen molar-refractivity contribution in [2.24, 2.45) is 5.92 Å². The molecule has 0 aliphatic carbocycles. The highest BCUT2D eigenvalue weighted by Gasteiger charge is 2.26. The van der Waals surface area contributed by atoms with Gasteiger partial charge < -0.3 is 21.3 Å². The fraction of sp³-hybridized carbons (Fsp3) is 0.692. The molecule has 0 bridgehead atoms. The molecule has 1 aliphatic rings. The topological polar surface area (TPSA) is 79.1 Å². The van der Waals surface area contributed by atoms with Gasteiger partial charge in [-0.1, -0.05) is 13.8 Å². The van der Waals surface area contributed by atoms with Crippen LogP contribution in [0.5, 0.6) is 0 Å². The molecule has 0 saturated carbocycles. The maximum atomic E-state index is 5.79. The number of hydrogen-bond acceptors (Lipinski definition) is 6. The first-order chi connectivity index (χ1) is 8.99. The minimum Gasteiger partial charge on any atom is -0.368 e. The van der Waals surface area contributed by atoms with Crippen molar-refractivity contribution in [1.82, 2.24) is 15.3 Å². The lowest BCUT2D eigenvalue weighted by molar-refractivity contribution is 0.447. The van der Waals surface area contributed by atoms with Gasteiger partial charge in [0, 0.05) is 31.2 Å². The molecule has 1 fully saturated rings. The van der Waals surface area contributed by atoms with Gasteiger partial charge in [0.25, 0.3) is 0 Å². The molecule has 0 radical (unpaired) electrons. The molecule has 0 unspecified atom stereocenters. The summed E-state index contributed by atoms with van der Waals surface area (Å²) >= 11 is 0. The fourth-order valence-corrected chi connectivity index (χ4v) is 1.94. The van der Waals surface area contributed by atoms with E-state index in [1.54, 1.807) is 0 Å². The van der Waals surface area contributed by atoms with Crippen LogP contribution in [0.4, 0.5) is 17.6 Å². The second kappa shape index (κ2) is 5.61. The van der Waals surface area contributed by atoms with Crippen LogP contribution in [-0.2, 0) is 0 Å². The zero-order chi connectivity index (χ0) is 14.0. The van der Waals surface area contributed by atoms with Crippen LogP contribution >= 0.6 is 0 Å². The Labute approximate surface area is 114 Å². The number of aromatic nitrogens is 2. The van der Waals surface area contributed by atoms with Crippen LogP contribution in [-0.4, -0.2) is 42.2 Å². The molecule has 0 aromatic carbocycles. The molecular formula is C13H24N6. The number of likely N-dealkylation sites (N-methyl/N-ethyl adjacent to an activating group) is 1. The van der Waals surface area contributed by atoms with Crippen molar-refractivity contribution in [3.8, 4) is 0 Å². The lowest BCUT2D eigenvalue weighted by atomic mass is 10.1. The van der Waals surface area contributed by atoms with Crippen molar-refractivity contribution in [2.45, 2.75) is 32.9 Å². The number of rotatable bonds is 5. The van der Waals surface area contributed by atoms with Crippen molar-refractivity contribution in [3.63, 3.8) is 0 Å². The summed E-state index contributed by atoms with van der Waals surface area (Å²) in [7, 11) is 1.98. The third-order valence-electron chi connectivity index (χ3n) is 3.72. The van der Waals surface area contributed by atoms with Crippen LogP contribution in [0, 0.1) is 5.92 Å². The van der Waals surface area contributed by atoms with E-state index in [2.05, 4.69) is 46.3 Å². The number of anilines is 3. The van der Waals surface area contributed by atoms with Gasteiger partial charge >= 0.3 is 0 Å². The summed E-state index contributed by atoms with van der Waals surface area (Å²) in [5.74, 6) is 2.57. The molecule has 4 N–H and O–H groups in total. The van der Waals surface area contributed by atoms with Crippen LogP contribution in [0.15, 0.2) is 6.07 Å². The third-order valence-corrected chi connectivity index (χ3v) is 3.72. The first kappa shape index (κ1) is 13.9. The van der Waals surface area contributed by atoms with Crippen molar-refractivity contribution < 1.29 is 0 Å². The molecule has 2 rings (SSSR count). The molecular weight excluding hydrogens is 240 g/mol. The first-order valence-electron chi connectivity index (χ1n) is 6.83. The zero-order valence-corrected chi connectivity index (χ0v) is 12.1. The Balaban J connectivity index is 2.07. The number of nitrogen functional groups attached to an aromatic ring is 1. The van der Waals surface area contributed by atoms with Crippen molar-refractivity contribution >= 4 is 17.6 Å². The SMILES string of the molecule is CNC1CN(c2cc(N[C@H](C)C(C)C)nc(N)n2)C1. The summed E-state index contributed by atoms with van der Waals surface area (Å²) in [4.78, 5) is 10.7. The van der Waals surface area contributed by atoms with Gasteiger partial charge in [0.2, 0.25) is 5.95 Å². The van der Waals surface area contributed by atoms with Crippen molar-refractivity contribution in [3.05, 3.63) is 6.07 Å². The largest absolute Gasteiger partial charge is 0.368 e. The molecule has 1 aromatic rings. The normalized spacial score (nSPS) is 17.4. The van der Waals surface area contributed by atoms with Crippen LogP contribution < -0.4 is 21.3 Å². The van der Waals surface area contributed by atoms with E-state index in [0.29, 0.717) is 23.9 Å². The van der Waals surface area contributed by atoms with Gasteiger partial charge in [0.05, 0.1) is 0 Å². The Hall–Kier alpha value is -1.56. The molecule has 19 heavy (non-hydrogen) atoms. The third kappa shape index (κ3) is 3.26. The number of hydrogen-bond donors (Lipinski definition) is 3. The molecule has 0 spiro atoms. The molecule has 1 atom stereocenters. The monoisotopic (exact) mass is 264 g/mol. The summed E-state index contributed by atoms with van der Waals surface area (Å²) in [6, 6.07) is 2.87. The number of nitrogens with one attached hydrogen (secondary N) is 2. The highest BCUT2D eigenvalue weighted by molar-refractivity contribution is 5.54. The molecule has 106 valence electrons. The Morgan fingerprint density at radius 3 is 2.58 bits per heavy atom. The van der Waals surface area contributed by atoms with Gasteiger partial charge in [-0.2, -0.15) is 9.97 Å². The molecule has 0 amide bonds. The Kier molecular flexibility index (Phi) is 4.09. The summed E-state index contributed by atoms with van der Waals surface area (Å²) in [5.41, 5.74) is 5.79. The van der Waals surface area contributed by atoms with Crippen molar-refractivity contribution in [2.75, 3.05) is 36.1 Å².